The number of hydrogen-bond acceptors (Lipinski definition) is 2. The van der Waals surface area contributed by atoms with Gasteiger partial charge in [-0.2, -0.15) is 0 Å². The van der Waals surface area contributed by atoms with Gasteiger partial charge in [-0.05, 0) is 37.6 Å². The summed E-state index contributed by atoms with van der Waals surface area (Å²) in [7, 11) is 1.79. The topological polar surface area (TPSA) is 21.3 Å². The number of hydrogen-bond donors (Lipinski definition) is 1. The molecule has 1 atom stereocenters. The highest BCUT2D eigenvalue weighted by molar-refractivity contribution is 4.91. The van der Waals surface area contributed by atoms with E-state index in [4.69, 9.17) is 4.74 Å². The molecule has 1 rings (SSSR count). The van der Waals surface area contributed by atoms with Crippen LogP contribution in [0.4, 0.5) is 0 Å². The van der Waals surface area contributed by atoms with Gasteiger partial charge in [0.2, 0.25) is 0 Å². The third-order valence-electron chi connectivity index (χ3n) is 3.88. The van der Waals surface area contributed by atoms with Crippen LogP contribution in [0.5, 0.6) is 0 Å². The first-order valence-corrected chi connectivity index (χ1v) is 6.45. The van der Waals surface area contributed by atoms with Gasteiger partial charge in [0, 0.05) is 19.8 Å². The van der Waals surface area contributed by atoms with Gasteiger partial charge in [-0.25, -0.2) is 0 Å². The van der Waals surface area contributed by atoms with Crippen molar-refractivity contribution in [1.29, 1.82) is 0 Å². The molecule has 0 saturated heterocycles. The summed E-state index contributed by atoms with van der Waals surface area (Å²) >= 11 is 0. The zero-order valence-electron chi connectivity index (χ0n) is 10.6. The quantitative estimate of drug-likeness (QED) is 0.656. The first-order valence-electron chi connectivity index (χ1n) is 6.45. The van der Waals surface area contributed by atoms with E-state index < -0.39 is 0 Å². The van der Waals surface area contributed by atoms with Gasteiger partial charge in [0.25, 0.3) is 0 Å². The highest BCUT2D eigenvalue weighted by atomic mass is 16.5. The first kappa shape index (κ1) is 13.0. The highest BCUT2D eigenvalue weighted by Crippen LogP contribution is 2.41. The van der Waals surface area contributed by atoms with Crippen LogP contribution in [-0.4, -0.2) is 26.3 Å². The van der Waals surface area contributed by atoms with E-state index in [1.54, 1.807) is 7.11 Å². The lowest BCUT2D eigenvalue weighted by atomic mass is 9.78. The summed E-state index contributed by atoms with van der Waals surface area (Å²) in [5.74, 6) is 0. The Balaban J connectivity index is 2.40. The monoisotopic (exact) mass is 213 g/mol. The van der Waals surface area contributed by atoms with Crippen molar-refractivity contribution in [2.24, 2.45) is 5.41 Å². The SMILES string of the molecule is CCNC(CCCOC)C1(C)CCCC1. The molecular formula is C13H27NO. The van der Waals surface area contributed by atoms with Crippen molar-refractivity contribution in [3.8, 4) is 0 Å². The van der Waals surface area contributed by atoms with Crippen LogP contribution in [0.1, 0.15) is 52.4 Å². The summed E-state index contributed by atoms with van der Waals surface area (Å²) in [5, 5.41) is 3.67. The van der Waals surface area contributed by atoms with Crippen LogP contribution in [-0.2, 0) is 4.74 Å². The van der Waals surface area contributed by atoms with E-state index in [1.165, 1.54) is 38.5 Å². The van der Waals surface area contributed by atoms with Crippen LogP contribution in [0.25, 0.3) is 0 Å². The Morgan fingerprint density at radius 1 is 1.33 bits per heavy atom. The van der Waals surface area contributed by atoms with Gasteiger partial charge < -0.3 is 10.1 Å². The third kappa shape index (κ3) is 3.76. The van der Waals surface area contributed by atoms with E-state index in [9.17, 15) is 0 Å². The van der Waals surface area contributed by atoms with Gasteiger partial charge in [0.15, 0.2) is 0 Å². The van der Waals surface area contributed by atoms with E-state index in [-0.39, 0.29) is 0 Å². The lowest BCUT2D eigenvalue weighted by Gasteiger charge is -2.35. The van der Waals surface area contributed by atoms with Crippen LogP contribution in [0.2, 0.25) is 0 Å². The van der Waals surface area contributed by atoms with Gasteiger partial charge in [-0.15, -0.1) is 0 Å². The smallest absolute Gasteiger partial charge is 0.0462 e. The Morgan fingerprint density at radius 3 is 2.53 bits per heavy atom. The number of rotatable bonds is 7. The van der Waals surface area contributed by atoms with E-state index in [2.05, 4.69) is 19.2 Å². The molecule has 90 valence electrons. The minimum atomic E-state index is 0.545. The summed E-state index contributed by atoms with van der Waals surface area (Å²) in [5.41, 5.74) is 0.545. The van der Waals surface area contributed by atoms with E-state index in [0.29, 0.717) is 11.5 Å². The maximum atomic E-state index is 5.14. The Labute approximate surface area is 94.8 Å². The van der Waals surface area contributed by atoms with Gasteiger partial charge in [-0.1, -0.05) is 26.7 Å². The van der Waals surface area contributed by atoms with Crippen molar-refractivity contribution in [2.75, 3.05) is 20.3 Å². The molecule has 0 aromatic rings. The van der Waals surface area contributed by atoms with Crippen LogP contribution in [0, 0.1) is 5.41 Å². The molecule has 1 fully saturated rings. The molecule has 0 bridgehead atoms. The van der Waals surface area contributed by atoms with E-state index >= 15 is 0 Å². The molecule has 1 unspecified atom stereocenters. The van der Waals surface area contributed by atoms with Gasteiger partial charge in [0.05, 0.1) is 0 Å². The van der Waals surface area contributed by atoms with Crippen molar-refractivity contribution < 1.29 is 4.74 Å². The normalized spacial score (nSPS) is 21.8. The second-order valence-corrected chi connectivity index (χ2v) is 5.11. The fourth-order valence-corrected chi connectivity index (χ4v) is 2.91. The Hall–Kier alpha value is -0.0800. The van der Waals surface area contributed by atoms with Crippen molar-refractivity contribution >= 4 is 0 Å². The Kier molecular flexibility index (Phi) is 5.62. The second kappa shape index (κ2) is 6.49. The largest absolute Gasteiger partial charge is 0.385 e. The second-order valence-electron chi connectivity index (χ2n) is 5.11. The minimum Gasteiger partial charge on any atom is -0.385 e. The zero-order chi connectivity index (χ0) is 11.1. The average molecular weight is 213 g/mol. The lowest BCUT2D eigenvalue weighted by Crippen LogP contribution is -2.42. The van der Waals surface area contributed by atoms with Crippen LogP contribution < -0.4 is 5.32 Å². The zero-order valence-corrected chi connectivity index (χ0v) is 10.6. The molecule has 0 amide bonds. The van der Waals surface area contributed by atoms with Gasteiger partial charge in [0.1, 0.15) is 0 Å². The molecule has 0 heterocycles. The molecule has 0 aromatic heterocycles. The number of methoxy groups -OCH3 is 1. The molecule has 0 spiro atoms. The van der Waals surface area contributed by atoms with Gasteiger partial charge in [-0.3, -0.25) is 0 Å². The third-order valence-corrected chi connectivity index (χ3v) is 3.88. The van der Waals surface area contributed by atoms with Gasteiger partial charge >= 0.3 is 0 Å². The molecule has 1 aliphatic carbocycles. The standard InChI is InChI=1S/C13H27NO/c1-4-14-12(8-7-11-15-3)13(2)9-5-6-10-13/h12,14H,4-11H2,1-3H3. The molecule has 2 heteroatoms. The molecule has 0 aromatic carbocycles. The first-order chi connectivity index (χ1) is 7.23. The molecule has 2 nitrogen and oxygen atoms in total. The Morgan fingerprint density at radius 2 is 2.00 bits per heavy atom. The fraction of sp³-hybridized carbons (Fsp3) is 1.00. The number of ether oxygens (including phenoxy) is 1. The van der Waals surface area contributed by atoms with E-state index in [0.717, 1.165) is 13.2 Å². The molecule has 15 heavy (non-hydrogen) atoms. The highest BCUT2D eigenvalue weighted by Gasteiger charge is 2.35. The summed E-state index contributed by atoms with van der Waals surface area (Å²) in [6.07, 6.45) is 8.09. The molecule has 1 saturated carbocycles. The van der Waals surface area contributed by atoms with E-state index in [1.807, 2.05) is 0 Å². The summed E-state index contributed by atoms with van der Waals surface area (Å²) in [4.78, 5) is 0. The summed E-state index contributed by atoms with van der Waals surface area (Å²) in [6, 6.07) is 0.695. The van der Waals surface area contributed by atoms with Crippen LogP contribution >= 0.6 is 0 Å². The molecule has 1 N–H and O–H groups in total. The molecular weight excluding hydrogens is 186 g/mol. The van der Waals surface area contributed by atoms with Crippen LogP contribution in [0.3, 0.4) is 0 Å². The van der Waals surface area contributed by atoms with Crippen LogP contribution in [0.15, 0.2) is 0 Å². The van der Waals surface area contributed by atoms with Crippen molar-refractivity contribution in [3.05, 3.63) is 0 Å². The summed E-state index contributed by atoms with van der Waals surface area (Å²) < 4.78 is 5.14. The Bertz CT molecular complexity index is 164. The predicted molar refractivity (Wildman–Crippen MR) is 65.1 cm³/mol. The number of nitrogens with one attached hydrogen (secondary N) is 1. The molecule has 0 aliphatic heterocycles. The van der Waals surface area contributed by atoms with Crippen molar-refractivity contribution in [3.63, 3.8) is 0 Å². The predicted octanol–water partition coefficient (Wildman–Crippen LogP) is 2.97. The average Bonchev–Trinajstić information content (AvgIpc) is 2.65. The maximum Gasteiger partial charge on any atom is 0.0462 e. The lowest BCUT2D eigenvalue weighted by molar-refractivity contribution is 0.163. The molecule has 1 aliphatic rings. The minimum absolute atomic E-state index is 0.545. The van der Waals surface area contributed by atoms with Crippen molar-refractivity contribution in [1.82, 2.24) is 5.32 Å². The fourth-order valence-electron chi connectivity index (χ4n) is 2.91. The maximum absolute atomic E-state index is 5.14. The van der Waals surface area contributed by atoms with Crippen molar-refractivity contribution in [2.45, 2.75) is 58.4 Å². The molecule has 0 radical (unpaired) electrons. The summed E-state index contributed by atoms with van der Waals surface area (Å²) in [6.45, 7) is 6.66.